The van der Waals surface area contributed by atoms with Crippen LogP contribution in [0.2, 0.25) is 0 Å². The molecule has 0 radical (unpaired) electrons. The molecule has 0 atom stereocenters. The first kappa shape index (κ1) is 14.4. The summed E-state index contributed by atoms with van der Waals surface area (Å²) in [6.45, 7) is 6.23. The molecule has 0 aliphatic rings. The second kappa shape index (κ2) is 6.46. The molecule has 4 heteroatoms. The Morgan fingerprint density at radius 3 is 2.70 bits per heavy atom. The van der Waals surface area contributed by atoms with Crippen molar-refractivity contribution in [2.75, 3.05) is 0 Å². The van der Waals surface area contributed by atoms with Gasteiger partial charge in [-0.15, -0.1) is 0 Å². The molecule has 0 unspecified atom stereocenters. The predicted octanol–water partition coefficient (Wildman–Crippen LogP) is 3.37. The van der Waals surface area contributed by atoms with E-state index in [0.717, 1.165) is 24.1 Å². The summed E-state index contributed by atoms with van der Waals surface area (Å²) in [7, 11) is 0. The van der Waals surface area contributed by atoms with Crippen LogP contribution in [-0.4, -0.2) is 20.5 Å². The molecule has 2 aromatic heterocycles. The summed E-state index contributed by atoms with van der Waals surface area (Å²) in [4.78, 5) is 16.3. The summed E-state index contributed by atoms with van der Waals surface area (Å²) in [5.74, 6) is 0.0744. The molecular formula is C16H21N3O. The third-order valence-corrected chi connectivity index (χ3v) is 3.66. The Morgan fingerprint density at radius 1 is 1.30 bits per heavy atom. The molecule has 0 spiro atoms. The van der Waals surface area contributed by atoms with Gasteiger partial charge in [0.15, 0.2) is 5.78 Å². The molecule has 4 nitrogen and oxygen atoms in total. The molecule has 0 saturated heterocycles. The Bertz CT molecular complexity index is 585. The minimum Gasteiger partial charge on any atom is -0.294 e. The Labute approximate surface area is 119 Å². The van der Waals surface area contributed by atoms with Crippen LogP contribution in [0.5, 0.6) is 0 Å². The highest BCUT2D eigenvalue weighted by molar-refractivity contribution is 5.98. The van der Waals surface area contributed by atoms with Gasteiger partial charge in [-0.25, -0.2) is 0 Å². The van der Waals surface area contributed by atoms with Gasteiger partial charge in [-0.1, -0.05) is 13.8 Å². The fraction of sp³-hybridized carbons (Fsp3) is 0.438. The lowest BCUT2D eigenvalue weighted by molar-refractivity contribution is 0.0990. The third kappa shape index (κ3) is 3.13. The van der Waals surface area contributed by atoms with E-state index >= 15 is 0 Å². The van der Waals surface area contributed by atoms with Crippen LogP contribution in [0, 0.1) is 6.92 Å². The zero-order valence-corrected chi connectivity index (χ0v) is 12.3. The third-order valence-electron chi connectivity index (χ3n) is 3.66. The Balaban J connectivity index is 2.11. The number of nitrogens with zero attached hydrogens (tertiary/aromatic N) is 3. The molecule has 0 N–H and O–H groups in total. The van der Waals surface area contributed by atoms with E-state index in [1.165, 1.54) is 0 Å². The number of hydrogen-bond acceptors (Lipinski definition) is 3. The van der Waals surface area contributed by atoms with Crippen molar-refractivity contribution in [1.29, 1.82) is 0 Å². The van der Waals surface area contributed by atoms with Gasteiger partial charge in [0.1, 0.15) is 0 Å². The van der Waals surface area contributed by atoms with E-state index in [9.17, 15) is 4.79 Å². The van der Waals surface area contributed by atoms with Crippen LogP contribution in [-0.2, 0) is 6.42 Å². The van der Waals surface area contributed by atoms with Crippen LogP contribution in [0.1, 0.15) is 54.3 Å². The number of aromatic nitrogens is 3. The maximum Gasteiger partial charge on any atom is 0.170 e. The van der Waals surface area contributed by atoms with Crippen molar-refractivity contribution in [2.24, 2.45) is 0 Å². The molecule has 106 valence electrons. The Kier molecular flexibility index (Phi) is 4.66. The van der Waals surface area contributed by atoms with E-state index in [0.29, 0.717) is 18.0 Å². The van der Waals surface area contributed by atoms with Gasteiger partial charge in [-0.2, -0.15) is 5.10 Å². The van der Waals surface area contributed by atoms with E-state index in [1.54, 1.807) is 12.4 Å². The molecule has 0 amide bonds. The highest BCUT2D eigenvalue weighted by Crippen LogP contribution is 2.15. The highest BCUT2D eigenvalue weighted by atomic mass is 16.1. The zero-order valence-electron chi connectivity index (χ0n) is 12.3. The van der Waals surface area contributed by atoms with Crippen molar-refractivity contribution in [3.05, 3.63) is 47.5 Å². The summed E-state index contributed by atoms with van der Waals surface area (Å²) < 4.78 is 1.97. The lowest BCUT2D eigenvalue weighted by Gasteiger charge is -2.12. The van der Waals surface area contributed by atoms with E-state index in [2.05, 4.69) is 23.9 Å². The minimum atomic E-state index is 0.0744. The molecule has 0 bridgehead atoms. The lowest BCUT2D eigenvalue weighted by Crippen LogP contribution is -2.10. The lowest BCUT2D eigenvalue weighted by atomic mass is 10.0. The quantitative estimate of drug-likeness (QED) is 0.757. The highest BCUT2D eigenvalue weighted by Gasteiger charge is 2.13. The van der Waals surface area contributed by atoms with Crippen LogP contribution >= 0.6 is 0 Å². The number of carbonyl (C=O) groups is 1. The van der Waals surface area contributed by atoms with Crippen LogP contribution in [0.25, 0.3) is 0 Å². The fourth-order valence-electron chi connectivity index (χ4n) is 2.35. The first-order valence-corrected chi connectivity index (χ1v) is 7.13. The van der Waals surface area contributed by atoms with E-state index in [4.69, 9.17) is 0 Å². The van der Waals surface area contributed by atoms with Crippen LogP contribution in [0.4, 0.5) is 0 Å². The zero-order chi connectivity index (χ0) is 14.5. The van der Waals surface area contributed by atoms with Gasteiger partial charge in [0.2, 0.25) is 0 Å². The largest absolute Gasteiger partial charge is 0.294 e. The van der Waals surface area contributed by atoms with Gasteiger partial charge < -0.3 is 0 Å². The standard InChI is InChI=1S/C16H21N3O/c1-4-14(5-2)19-9-7-13(18-19)10-16(20)15-11-17-8-6-12(15)3/h6-9,11,14H,4-5,10H2,1-3H3. The molecule has 0 fully saturated rings. The summed E-state index contributed by atoms with van der Waals surface area (Å²) in [6, 6.07) is 4.21. The van der Waals surface area contributed by atoms with Gasteiger partial charge >= 0.3 is 0 Å². The molecule has 0 aliphatic heterocycles. The van der Waals surface area contributed by atoms with Crippen LogP contribution < -0.4 is 0 Å². The van der Waals surface area contributed by atoms with Crippen molar-refractivity contribution in [3.63, 3.8) is 0 Å². The van der Waals surface area contributed by atoms with Crippen LogP contribution in [0.3, 0.4) is 0 Å². The maximum absolute atomic E-state index is 12.3. The topological polar surface area (TPSA) is 47.8 Å². The number of carbonyl (C=O) groups excluding carboxylic acids is 1. The molecule has 0 aliphatic carbocycles. The normalized spacial score (nSPS) is 11.0. The molecule has 20 heavy (non-hydrogen) atoms. The molecule has 2 heterocycles. The molecule has 0 saturated carbocycles. The van der Waals surface area contributed by atoms with Crippen molar-refractivity contribution in [2.45, 2.75) is 46.1 Å². The fourth-order valence-corrected chi connectivity index (χ4v) is 2.35. The van der Waals surface area contributed by atoms with E-state index < -0.39 is 0 Å². The van der Waals surface area contributed by atoms with Crippen molar-refractivity contribution in [1.82, 2.24) is 14.8 Å². The molecule has 0 aromatic carbocycles. The van der Waals surface area contributed by atoms with Crippen molar-refractivity contribution >= 4 is 5.78 Å². The van der Waals surface area contributed by atoms with Crippen molar-refractivity contribution < 1.29 is 4.79 Å². The summed E-state index contributed by atoms with van der Waals surface area (Å²) in [5.41, 5.74) is 2.47. The van der Waals surface area contributed by atoms with Crippen LogP contribution in [0.15, 0.2) is 30.7 Å². The molecular weight excluding hydrogens is 250 g/mol. The summed E-state index contributed by atoms with van der Waals surface area (Å²) in [5, 5.41) is 4.52. The summed E-state index contributed by atoms with van der Waals surface area (Å²) >= 11 is 0. The Hall–Kier alpha value is -1.97. The van der Waals surface area contributed by atoms with E-state index in [-0.39, 0.29) is 5.78 Å². The second-order valence-electron chi connectivity index (χ2n) is 5.05. The van der Waals surface area contributed by atoms with E-state index in [1.807, 2.05) is 29.9 Å². The summed E-state index contributed by atoms with van der Waals surface area (Å²) in [6.07, 6.45) is 7.74. The second-order valence-corrected chi connectivity index (χ2v) is 5.05. The number of aryl methyl sites for hydroxylation is 1. The minimum absolute atomic E-state index is 0.0744. The SMILES string of the molecule is CCC(CC)n1ccc(CC(=O)c2cnccc2C)n1. The van der Waals surface area contributed by atoms with Gasteiger partial charge in [0.05, 0.1) is 18.2 Å². The molecule has 2 aromatic rings. The number of pyridine rings is 1. The average molecular weight is 271 g/mol. The van der Waals surface area contributed by atoms with Gasteiger partial charge in [0, 0.05) is 24.2 Å². The Morgan fingerprint density at radius 2 is 2.05 bits per heavy atom. The first-order valence-electron chi connectivity index (χ1n) is 7.13. The van der Waals surface area contributed by atoms with Gasteiger partial charge in [0.25, 0.3) is 0 Å². The first-order chi connectivity index (χ1) is 9.65. The number of Topliss-reactive ketones (excluding diaryl/α,β-unsaturated/α-hetero) is 1. The number of hydrogen-bond donors (Lipinski definition) is 0. The smallest absolute Gasteiger partial charge is 0.170 e. The number of rotatable bonds is 6. The monoisotopic (exact) mass is 271 g/mol. The molecule has 2 rings (SSSR count). The predicted molar refractivity (Wildman–Crippen MR) is 78.9 cm³/mol. The number of ketones is 1. The van der Waals surface area contributed by atoms with Gasteiger partial charge in [-0.3, -0.25) is 14.5 Å². The van der Waals surface area contributed by atoms with Crippen molar-refractivity contribution in [3.8, 4) is 0 Å². The van der Waals surface area contributed by atoms with Gasteiger partial charge in [-0.05, 0) is 37.5 Å². The maximum atomic E-state index is 12.3. The average Bonchev–Trinajstić information content (AvgIpc) is 2.89.